The van der Waals surface area contributed by atoms with Crippen molar-refractivity contribution >= 4 is 23.2 Å². The Kier molecular flexibility index (Phi) is 5.03. The molecule has 5 heteroatoms. The second-order valence-corrected chi connectivity index (χ2v) is 6.19. The second-order valence-electron chi connectivity index (χ2n) is 6.19. The number of ether oxygens (including phenoxy) is 1. The fourth-order valence-electron chi connectivity index (χ4n) is 2.97. The highest BCUT2D eigenvalue weighted by Gasteiger charge is 2.35. The van der Waals surface area contributed by atoms with Crippen molar-refractivity contribution in [1.29, 1.82) is 0 Å². The zero-order valence-electron chi connectivity index (χ0n) is 14.5. The molecule has 0 spiro atoms. The van der Waals surface area contributed by atoms with E-state index in [2.05, 4.69) is 5.32 Å². The van der Waals surface area contributed by atoms with Crippen molar-refractivity contribution < 1.29 is 14.3 Å². The monoisotopic (exact) mass is 338 g/mol. The van der Waals surface area contributed by atoms with Crippen LogP contribution in [0.25, 0.3) is 0 Å². The molecule has 2 amide bonds. The molecule has 0 saturated carbocycles. The summed E-state index contributed by atoms with van der Waals surface area (Å²) in [5.41, 5.74) is 2.64. The molecule has 0 bridgehead atoms. The van der Waals surface area contributed by atoms with Gasteiger partial charge in [0.15, 0.2) is 0 Å². The average molecular weight is 338 g/mol. The Bertz CT molecular complexity index is 771. The van der Waals surface area contributed by atoms with E-state index in [1.165, 1.54) is 0 Å². The van der Waals surface area contributed by atoms with Crippen LogP contribution in [0.4, 0.5) is 11.4 Å². The molecule has 1 aliphatic rings. The third kappa shape index (κ3) is 3.99. The van der Waals surface area contributed by atoms with E-state index in [1.807, 2.05) is 50.2 Å². The largest absolute Gasteiger partial charge is 0.494 e. The fraction of sp³-hybridized carbons (Fsp3) is 0.300. The summed E-state index contributed by atoms with van der Waals surface area (Å²) in [6, 6.07) is 15.0. The SMILES string of the molecule is CCOc1ccc(NC(=O)[C@@H]2CC(=O)N(c3cccc(C)c3)C2)cc1. The van der Waals surface area contributed by atoms with Crippen LogP contribution >= 0.6 is 0 Å². The van der Waals surface area contributed by atoms with Crippen molar-refractivity contribution in [3.63, 3.8) is 0 Å². The lowest BCUT2D eigenvalue weighted by molar-refractivity contribution is -0.122. The minimum Gasteiger partial charge on any atom is -0.494 e. The Morgan fingerprint density at radius 2 is 2.00 bits per heavy atom. The summed E-state index contributed by atoms with van der Waals surface area (Å²) < 4.78 is 5.39. The number of hydrogen-bond donors (Lipinski definition) is 1. The molecular formula is C20H22N2O3. The quantitative estimate of drug-likeness (QED) is 0.909. The topological polar surface area (TPSA) is 58.6 Å². The highest BCUT2D eigenvalue weighted by atomic mass is 16.5. The maximum atomic E-state index is 12.5. The first-order chi connectivity index (χ1) is 12.1. The summed E-state index contributed by atoms with van der Waals surface area (Å²) in [5.74, 6) is 0.270. The normalized spacial score (nSPS) is 16.8. The number of carbonyl (C=O) groups excluding carboxylic acids is 2. The smallest absolute Gasteiger partial charge is 0.229 e. The molecule has 130 valence electrons. The third-order valence-corrected chi connectivity index (χ3v) is 4.24. The average Bonchev–Trinajstić information content (AvgIpc) is 2.99. The van der Waals surface area contributed by atoms with Gasteiger partial charge in [-0.3, -0.25) is 9.59 Å². The molecule has 1 aliphatic heterocycles. The molecule has 0 aromatic heterocycles. The highest BCUT2D eigenvalue weighted by molar-refractivity contribution is 6.03. The predicted molar refractivity (Wildman–Crippen MR) is 97.9 cm³/mol. The van der Waals surface area contributed by atoms with Gasteiger partial charge < -0.3 is 15.0 Å². The van der Waals surface area contributed by atoms with Crippen LogP contribution in [0.1, 0.15) is 18.9 Å². The maximum Gasteiger partial charge on any atom is 0.229 e. The molecule has 1 N–H and O–H groups in total. The zero-order valence-corrected chi connectivity index (χ0v) is 14.5. The van der Waals surface area contributed by atoms with Crippen LogP contribution in [0, 0.1) is 12.8 Å². The molecule has 1 saturated heterocycles. The van der Waals surface area contributed by atoms with Crippen LogP contribution in [0.3, 0.4) is 0 Å². The minimum absolute atomic E-state index is 0.0163. The summed E-state index contributed by atoms with van der Waals surface area (Å²) >= 11 is 0. The molecule has 2 aromatic carbocycles. The van der Waals surface area contributed by atoms with E-state index in [1.54, 1.807) is 17.0 Å². The Hall–Kier alpha value is -2.82. The van der Waals surface area contributed by atoms with Crippen LogP contribution in [0.15, 0.2) is 48.5 Å². The summed E-state index contributed by atoms with van der Waals surface area (Å²) in [5, 5.41) is 2.88. The van der Waals surface area contributed by atoms with Crippen molar-refractivity contribution in [3.8, 4) is 5.75 Å². The lowest BCUT2D eigenvalue weighted by Gasteiger charge is -2.17. The second kappa shape index (κ2) is 7.38. The first-order valence-electron chi connectivity index (χ1n) is 8.47. The minimum atomic E-state index is -0.348. The number of anilines is 2. The fourth-order valence-corrected chi connectivity index (χ4v) is 2.97. The lowest BCUT2D eigenvalue weighted by Crippen LogP contribution is -2.28. The van der Waals surface area contributed by atoms with Crippen molar-refractivity contribution in [1.82, 2.24) is 0 Å². The predicted octanol–water partition coefficient (Wildman–Crippen LogP) is 3.39. The van der Waals surface area contributed by atoms with Gasteiger partial charge in [-0.25, -0.2) is 0 Å². The van der Waals surface area contributed by atoms with E-state index in [9.17, 15) is 9.59 Å². The first kappa shape index (κ1) is 17.0. The molecule has 1 heterocycles. The van der Waals surface area contributed by atoms with Gasteiger partial charge in [0.25, 0.3) is 0 Å². The summed E-state index contributed by atoms with van der Waals surface area (Å²) in [6.07, 6.45) is 0.233. The van der Waals surface area contributed by atoms with Gasteiger partial charge in [-0.15, -0.1) is 0 Å². The Morgan fingerprint density at radius 1 is 1.24 bits per heavy atom. The Balaban J connectivity index is 1.64. The molecule has 0 unspecified atom stereocenters. The van der Waals surface area contributed by atoms with E-state index in [-0.39, 0.29) is 24.2 Å². The van der Waals surface area contributed by atoms with Gasteiger partial charge in [0, 0.05) is 24.3 Å². The first-order valence-corrected chi connectivity index (χ1v) is 8.47. The van der Waals surface area contributed by atoms with Gasteiger partial charge >= 0.3 is 0 Å². The number of aryl methyl sites for hydroxylation is 1. The van der Waals surface area contributed by atoms with Crippen LogP contribution in [0.2, 0.25) is 0 Å². The molecule has 1 fully saturated rings. The van der Waals surface area contributed by atoms with Crippen molar-refractivity contribution in [2.24, 2.45) is 5.92 Å². The van der Waals surface area contributed by atoms with Gasteiger partial charge in [-0.05, 0) is 55.8 Å². The van der Waals surface area contributed by atoms with E-state index in [0.29, 0.717) is 18.8 Å². The van der Waals surface area contributed by atoms with Crippen LogP contribution < -0.4 is 15.0 Å². The summed E-state index contributed by atoms with van der Waals surface area (Å²) in [7, 11) is 0. The highest BCUT2D eigenvalue weighted by Crippen LogP contribution is 2.27. The molecule has 0 aliphatic carbocycles. The van der Waals surface area contributed by atoms with E-state index in [0.717, 1.165) is 17.0 Å². The van der Waals surface area contributed by atoms with Crippen LogP contribution in [0.5, 0.6) is 5.75 Å². The van der Waals surface area contributed by atoms with E-state index >= 15 is 0 Å². The van der Waals surface area contributed by atoms with Gasteiger partial charge in [0.05, 0.1) is 12.5 Å². The number of nitrogens with one attached hydrogen (secondary N) is 1. The molecule has 25 heavy (non-hydrogen) atoms. The van der Waals surface area contributed by atoms with E-state index in [4.69, 9.17) is 4.74 Å². The Labute approximate surface area is 147 Å². The van der Waals surface area contributed by atoms with Gasteiger partial charge in [-0.1, -0.05) is 12.1 Å². The maximum absolute atomic E-state index is 12.5. The number of carbonyl (C=O) groups is 2. The number of nitrogens with zero attached hydrogens (tertiary/aromatic N) is 1. The standard InChI is InChI=1S/C20H22N2O3/c1-3-25-18-9-7-16(8-10-18)21-20(24)15-12-19(23)22(13-15)17-6-4-5-14(2)11-17/h4-11,15H,3,12-13H2,1-2H3,(H,21,24)/t15-/m1/s1. The molecule has 2 aromatic rings. The zero-order chi connectivity index (χ0) is 17.8. The molecule has 3 rings (SSSR count). The third-order valence-electron chi connectivity index (χ3n) is 4.24. The molecular weight excluding hydrogens is 316 g/mol. The van der Waals surface area contributed by atoms with Crippen molar-refractivity contribution in [3.05, 3.63) is 54.1 Å². The molecule has 1 atom stereocenters. The number of hydrogen-bond acceptors (Lipinski definition) is 3. The van der Waals surface area contributed by atoms with Crippen molar-refractivity contribution in [2.75, 3.05) is 23.4 Å². The van der Waals surface area contributed by atoms with Gasteiger partial charge in [0.2, 0.25) is 11.8 Å². The van der Waals surface area contributed by atoms with Crippen molar-refractivity contribution in [2.45, 2.75) is 20.3 Å². The summed E-state index contributed by atoms with van der Waals surface area (Å²) in [4.78, 5) is 26.5. The molecule has 5 nitrogen and oxygen atoms in total. The number of rotatable bonds is 5. The van der Waals surface area contributed by atoms with Gasteiger partial charge in [0.1, 0.15) is 5.75 Å². The van der Waals surface area contributed by atoms with Crippen LogP contribution in [-0.2, 0) is 9.59 Å². The van der Waals surface area contributed by atoms with E-state index < -0.39 is 0 Å². The Morgan fingerprint density at radius 3 is 2.68 bits per heavy atom. The van der Waals surface area contributed by atoms with Gasteiger partial charge in [-0.2, -0.15) is 0 Å². The lowest BCUT2D eigenvalue weighted by atomic mass is 10.1. The number of benzene rings is 2. The number of amides is 2. The van der Waals surface area contributed by atoms with Crippen LogP contribution in [-0.4, -0.2) is 25.0 Å². The summed E-state index contributed by atoms with van der Waals surface area (Å²) in [6.45, 7) is 4.92. The molecule has 0 radical (unpaired) electrons.